The van der Waals surface area contributed by atoms with Gasteiger partial charge in [0.25, 0.3) is 0 Å². The molecule has 5 heteroatoms. The number of rotatable bonds is 3. The van der Waals surface area contributed by atoms with Gasteiger partial charge >= 0.3 is 5.97 Å². The number of ether oxygens (including phenoxy) is 2. The molecule has 4 aromatic rings. The van der Waals surface area contributed by atoms with E-state index in [0.717, 1.165) is 6.07 Å². The van der Waals surface area contributed by atoms with E-state index < -0.39 is 23.5 Å². The van der Waals surface area contributed by atoms with Crippen LogP contribution in [0.5, 0.6) is 17.2 Å². The van der Waals surface area contributed by atoms with Crippen molar-refractivity contribution in [1.29, 1.82) is 0 Å². The summed E-state index contributed by atoms with van der Waals surface area (Å²) in [6.45, 7) is 0. The second-order valence-electron chi connectivity index (χ2n) is 7.18. The molecule has 1 heterocycles. The lowest BCUT2D eigenvalue weighted by atomic mass is 9.88. The van der Waals surface area contributed by atoms with Gasteiger partial charge in [0.05, 0.1) is 0 Å². The largest absolute Gasteiger partial charge is 0.457 e. The third-order valence-corrected chi connectivity index (χ3v) is 5.23. The molecular weight excluding hydrogens is 398 g/mol. The van der Waals surface area contributed by atoms with Crippen molar-refractivity contribution in [2.45, 2.75) is 5.92 Å². The summed E-state index contributed by atoms with van der Waals surface area (Å²) in [5.41, 5.74) is 2.20. The Morgan fingerprint density at radius 3 is 2.00 bits per heavy atom. The molecule has 0 fully saturated rings. The maximum Gasteiger partial charge on any atom is 0.323 e. The second-order valence-corrected chi connectivity index (χ2v) is 7.18. The summed E-state index contributed by atoms with van der Waals surface area (Å²) in [6, 6.07) is 24.3. The lowest BCUT2D eigenvalue weighted by Gasteiger charge is -2.26. The van der Waals surface area contributed by atoms with Crippen LogP contribution in [0.1, 0.15) is 17.0 Å². The summed E-state index contributed by atoms with van der Waals surface area (Å²) < 4.78 is 39.3. The van der Waals surface area contributed by atoms with Gasteiger partial charge in [0, 0.05) is 22.8 Å². The fraction of sp³-hybridized carbons (Fsp3) is 0.0385. The van der Waals surface area contributed by atoms with Crippen molar-refractivity contribution >= 4 is 5.97 Å². The van der Waals surface area contributed by atoms with Gasteiger partial charge in [-0.2, -0.15) is 0 Å². The molecule has 0 aromatic heterocycles. The van der Waals surface area contributed by atoms with Gasteiger partial charge in [-0.15, -0.1) is 0 Å². The lowest BCUT2D eigenvalue weighted by molar-refractivity contribution is -0.135. The Kier molecular flexibility index (Phi) is 4.71. The van der Waals surface area contributed by atoms with E-state index in [1.807, 2.05) is 36.4 Å². The minimum absolute atomic E-state index is 0.0924. The Labute approximate surface area is 177 Å². The Morgan fingerprint density at radius 1 is 0.774 bits per heavy atom. The summed E-state index contributed by atoms with van der Waals surface area (Å²) in [6.07, 6.45) is 0. The van der Waals surface area contributed by atoms with Crippen molar-refractivity contribution in [3.63, 3.8) is 0 Å². The molecule has 3 nitrogen and oxygen atoms in total. The zero-order chi connectivity index (χ0) is 21.4. The molecule has 0 bridgehead atoms. The highest BCUT2D eigenvalue weighted by molar-refractivity contribution is 5.87. The van der Waals surface area contributed by atoms with Crippen molar-refractivity contribution in [1.82, 2.24) is 0 Å². The van der Waals surface area contributed by atoms with Gasteiger partial charge in [0.2, 0.25) is 0 Å². The SMILES string of the molecule is O=C(Oc1ccc(-c2ccc(F)cc2)c(F)c1)C1c2ccccc2Oc2ccccc21. The molecule has 0 radical (unpaired) electrons. The van der Waals surface area contributed by atoms with Crippen LogP contribution in [-0.4, -0.2) is 5.97 Å². The maximum absolute atomic E-state index is 14.7. The fourth-order valence-electron chi connectivity index (χ4n) is 3.76. The highest BCUT2D eigenvalue weighted by Gasteiger charge is 2.34. The Hall–Kier alpha value is -3.99. The number of para-hydroxylation sites is 2. The van der Waals surface area contributed by atoms with Crippen LogP contribution in [0.4, 0.5) is 8.78 Å². The van der Waals surface area contributed by atoms with Crippen molar-refractivity contribution in [2.75, 3.05) is 0 Å². The van der Waals surface area contributed by atoms with Gasteiger partial charge in [-0.1, -0.05) is 48.5 Å². The van der Waals surface area contributed by atoms with Crippen LogP contribution in [0.3, 0.4) is 0 Å². The summed E-state index contributed by atoms with van der Waals surface area (Å²) in [4.78, 5) is 13.2. The Morgan fingerprint density at radius 2 is 1.39 bits per heavy atom. The highest BCUT2D eigenvalue weighted by atomic mass is 19.1. The summed E-state index contributed by atoms with van der Waals surface area (Å²) in [5.74, 6) is -0.925. The van der Waals surface area contributed by atoms with E-state index in [2.05, 4.69) is 0 Å². The first kappa shape index (κ1) is 19.0. The van der Waals surface area contributed by atoms with E-state index in [-0.39, 0.29) is 5.75 Å². The van der Waals surface area contributed by atoms with E-state index >= 15 is 0 Å². The molecule has 1 aliphatic rings. The van der Waals surface area contributed by atoms with Crippen LogP contribution in [0.2, 0.25) is 0 Å². The fourth-order valence-corrected chi connectivity index (χ4v) is 3.76. The summed E-state index contributed by atoms with van der Waals surface area (Å²) in [7, 11) is 0. The minimum atomic E-state index is -0.694. The van der Waals surface area contributed by atoms with Crippen molar-refractivity contribution in [3.05, 3.63) is 114 Å². The van der Waals surface area contributed by atoms with Crippen LogP contribution in [0.25, 0.3) is 11.1 Å². The molecule has 0 spiro atoms. The molecule has 0 saturated carbocycles. The van der Waals surface area contributed by atoms with E-state index in [0.29, 0.717) is 33.8 Å². The highest BCUT2D eigenvalue weighted by Crippen LogP contribution is 2.44. The van der Waals surface area contributed by atoms with Crippen molar-refractivity contribution in [2.24, 2.45) is 0 Å². The number of esters is 1. The first-order valence-electron chi connectivity index (χ1n) is 9.73. The molecule has 4 aromatic carbocycles. The number of hydrogen-bond donors (Lipinski definition) is 0. The van der Waals surface area contributed by atoms with Gasteiger partial charge in [-0.3, -0.25) is 4.79 Å². The van der Waals surface area contributed by atoms with E-state index in [1.165, 1.54) is 36.4 Å². The molecule has 0 atom stereocenters. The van der Waals surface area contributed by atoms with Crippen molar-refractivity contribution < 1.29 is 23.0 Å². The first-order valence-corrected chi connectivity index (χ1v) is 9.73. The Bertz CT molecular complexity index is 1240. The number of carbonyl (C=O) groups excluding carboxylic acids is 1. The first-order chi connectivity index (χ1) is 15.1. The van der Waals surface area contributed by atoms with Gasteiger partial charge in [-0.25, -0.2) is 8.78 Å². The van der Waals surface area contributed by atoms with E-state index in [1.54, 1.807) is 12.1 Å². The lowest BCUT2D eigenvalue weighted by Crippen LogP contribution is -2.23. The van der Waals surface area contributed by atoms with Crippen molar-refractivity contribution in [3.8, 4) is 28.4 Å². The van der Waals surface area contributed by atoms with Crippen LogP contribution in [0, 0.1) is 11.6 Å². The molecule has 0 N–H and O–H groups in total. The van der Waals surface area contributed by atoms with Gasteiger partial charge in [0.1, 0.15) is 34.8 Å². The zero-order valence-corrected chi connectivity index (χ0v) is 16.2. The molecule has 31 heavy (non-hydrogen) atoms. The summed E-state index contributed by atoms with van der Waals surface area (Å²) in [5, 5.41) is 0. The monoisotopic (exact) mass is 414 g/mol. The third kappa shape index (κ3) is 3.55. The standard InChI is InChI=1S/C26H16F2O3/c27-17-11-9-16(10-12-17)19-14-13-18(15-22(19)28)30-26(29)25-20-5-1-3-7-23(20)31-24-8-4-2-6-21(24)25/h1-15,25H. The molecule has 0 amide bonds. The zero-order valence-electron chi connectivity index (χ0n) is 16.2. The number of fused-ring (bicyclic) bond motifs is 2. The van der Waals surface area contributed by atoms with Crippen LogP contribution < -0.4 is 9.47 Å². The van der Waals surface area contributed by atoms with Gasteiger partial charge in [0.15, 0.2) is 0 Å². The number of benzene rings is 4. The molecule has 5 rings (SSSR count). The predicted octanol–water partition coefficient (Wildman–Crippen LogP) is 6.48. The van der Waals surface area contributed by atoms with Gasteiger partial charge in [-0.05, 0) is 42.0 Å². The minimum Gasteiger partial charge on any atom is -0.457 e. The van der Waals surface area contributed by atoms with Gasteiger partial charge < -0.3 is 9.47 Å². The number of hydrogen-bond acceptors (Lipinski definition) is 3. The quantitative estimate of drug-likeness (QED) is 0.285. The molecular formula is C26H16F2O3. The number of carbonyl (C=O) groups is 1. The van der Waals surface area contributed by atoms with E-state index in [9.17, 15) is 13.6 Å². The Balaban J connectivity index is 1.46. The smallest absolute Gasteiger partial charge is 0.323 e. The predicted molar refractivity (Wildman–Crippen MR) is 112 cm³/mol. The van der Waals surface area contributed by atoms with Crippen LogP contribution in [-0.2, 0) is 4.79 Å². The topological polar surface area (TPSA) is 35.5 Å². The molecule has 0 aliphatic carbocycles. The summed E-state index contributed by atoms with van der Waals surface area (Å²) >= 11 is 0. The third-order valence-electron chi connectivity index (χ3n) is 5.23. The normalized spacial score (nSPS) is 12.5. The average Bonchev–Trinajstić information content (AvgIpc) is 2.78. The molecule has 152 valence electrons. The molecule has 0 saturated heterocycles. The molecule has 1 aliphatic heterocycles. The van der Waals surface area contributed by atoms with Crippen LogP contribution >= 0.6 is 0 Å². The molecule has 0 unspecified atom stereocenters. The maximum atomic E-state index is 14.7. The van der Waals surface area contributed by atoms with E-state index in [4.69, 9.17) is 9.47 Å². The number of halogens is 2. The average molecular weight is 414 g/mol. The second kappa shape index (κ2) is 7.69. The van der Waals surface area contributed by atoms with Crippen LogP contribution in [0.15, 0.2) is 91.0 Å².